The van der Waals surface area contributed by atoms with Crippen molar-refractivity contribution in [2.24, 2.45) is 5.92 Å². The molecule has 0 saturated carbocycles. The summed E-state index contributed by atoms with van der Waals surface area (Å²) in [5, 5.41) is 14.4. The van der Waals surface area contributed by atoms with Gasteiger partial charge in [0.05, 0.1) is 0 Å². The molecule has 1 fully saturated rings. The number of rotatable bonds is 6. The molecule has 3 amide bonds. The molecule has 174 valence electrons. The van der Waals surface area contributed by atoms with Crippen molar-refractivity contribution >= 4 is 18.1 Å². The van der Waals surface area contributed by atoms with E-state index in [4.69, 9.17) is 9.84 Å². The Balaban J connectivity index is 1.37. The van der Waals surface area contributed by atoms with Crippen LogP contribution in [-0.4, -0.2) is 60.9 Å². The van der Waals surface area contributed by atoms with Crippen LogP contribution in [-0.2, 0) is 9.53 Å². The van der Waals surface area contributed by atoms with E-state index in [1.165, 1.54) is 11.9 Å². The molecule has 0 bridgehead atoms. The Labute approximate surface area is 192 Å². The van der Waals surface area contributed by atoms with Crippen LogP contribution in [0.1, 0.15) is 36.3 Å². The Morgan fingerprint density at radius 2 is 1.61 bits per heavy atom. The van der Waals surface area contributed by atoms with Crippen molar-refractivity contribution in [2.75, 3.05) is 26.7 Å². The number of hydrogen-bond acceptors (Lipinski definition) is 4. The largest absolute Gasteiger partial charge is 0.465 e. The Bertz CT molecular complexity index is 987. The molecule has 33 heavy (non-hydrogen) atoms. The van der Waals surface area contributed by atoms with Gasteiger partial charge in [0.2, 0.25) is 5.91 Å². The van der Waals surface area contributed by atoms with Gasteiger partial charge in [-0.25, -0.2) is 9.59 Å². The number of likely N-dealkylation sites (tertiary alicyclic amines) is 1. The first-order chi connectivity index (χ1) is 16.0. The summed E-state index contributed by atoms with van der Waals surface area (Å²) in [6.45, 7) is 1.05. The van der Waals surface area contributed by atoms with E-state index in [1.807, 2.05) is 24.3 Å². The smallest absolute Gasteiger partial charge is 0.407 e. The monoisotopic (exact) mass is 451 g/mol. The number of benzene rings is 2. The third-order valence-corrected chi connectivity index (χ3v) is 6.65. The summed E-state index contributed by atoms with van der Waals surface area (Å²) >= 11 is 0. The summed E-state index contributed by atoms with van der Waals surface area (Å²) < 4.78 is 5.59. The number of carbonyl (C=O) groups is 3. The van der Waals surface area contributed by atoms with Crippen LogP contribution in [0.3, 0.4) is 0 Å². The molecule has 2 aromatic carbocycles. The molecule has 1 saturated heterocycles. The fraction of sp³-hybridized carbons (Fsp3) is 0.400. The fourth-order valence-corrected chi connectivity index (χ4v) is 4.88. The number of nitrogens with zero attached hydrogens (tertiary/aromatic N) is 1. The minimum absolute atomic E-state index is 0.0538. The highest BCUT2D eigenvalue weighted by molar-refractivity contribution is 5.85. The normalized spacial score (nSPS) is 16.5. The van der Waals surface area contributed by atoms with E-state index in [2.05, 4.69) is 34.9 Å². The van der Waals surface area contributed by atoms with Crippen LogP contribution >= 0.6 is 0 Å². The molecule has 1 atom stereocenters. The van der Waals surface area contributed by atoms with E-state index in [-0.39, 0.29) is 24.3 Å². The highest BCUT2D eigenvalue weighted by atomic mass is 16.5. The van der Waals surface area contributed by atoms with Crippen LogP contribution in [0.2, 0.25) is 0 Å². The lowest BCUT2D eigenvalue weighted by atomic mass is 9.90. The standard InChI is InChI=1S/C25H29N3O5/c1-26-23(29)22(14-16-10-12-28(13-11-16)25(31)32)27-24(30)33-15-21-19-8-4-2-6-17(19)18-7-3-5-9-20(18)21/h2-9,16,21-22H,10-15H2,1H3,(H,26,29)(H,27,30)(H,31,32)/t22-/m0/s1. The van der Waals surface area contributed by atoms with Gasteiger partial charge in [-0.15, -0.1) is 0 Å². The SMILES string of the molecule is CNC(=O)[C@H](CC1CCN(C(=O)O)CC1)NC(=O)OCC1c2ccccc2-c2ccccc21. The Kier molecular flexibility index (Phi) is 6.82. The van der Waals surface area contributed by atoms with Crippen LogP contribution in [0, 0.1) is 5.92 Å². The number of nitrogens with one attached hydrogen (secondary N) is 2. The van der Waals surface area contributed by atoms with E-state index in [0.29, 0.717) is 32.4 Å². The van der Waals surface area contributed by atoms with Crippen LogP contribution in [0.5, 0.6) is 0 Å². The summed E-state index contributed by atoms with van der Waals surface area (Å²) in [5.41, 5.74) is 4.55. The molecule has 8 nitrogen and oxygen atoms in total. The van der Waals surface area contributed by atoms with E-state index < -0.39 is 18.2 Å². The van der Waals surface area contributed by atoms with Crippen molar-refractivity contribution < 1.29 is 24.2 Å². The lowest BCUT2D eigenvalue weighted by Gasteiger charge is -2.31. The van der Waals surface area contributed by atoms with Gasteiger partial charge in [-0.1, -0.05) is 48.5 Å². The van der Waals surface area contributed by atoms with Crippen molar-refractivity contribution in [1.29, 1.82) is 0 Å². The van der Waals surface area contributed by atoms with Gasteiger partial charge < -0.3 is 25.4 Å². The molecule has 0 radical (unpaired) electrons. The molecule has 0 unspecified atom stereocenters. The number of carbonyl (C=O) groups excluding carboxylic acids is 2. The maximum atomic E-state index is 12.6. The maximum absolute atomic E-state index is 12.6. The lowest BCUT2D eigenvalue weighted by molar-refractivity contribution is -0.123. The highest BCUT2D eigenvalue weighted by Gasteiger charge is 2.31. The Morgan fingerprint density at radius 1 is 1.03 bits per heavy atom. The van der Waals surface area contributed by atoms with Gasteiger partial charge in [-0.2, -0.15) is 0 Å². The molecule has 0 spiro atoms. The Morgan fingerprint density at radius 3 is 2.15 bits per heavy atom. The van der Waals surface area contributed by atoms with E-state index in [9.17, 15) is 14.4 Å². The van der Waals surface area contributed by atoms with E-state index in [1.54, 1.807) is 0 Å². The zero-order valence-electron chi connectivity index (χ0n) is 18.6. The zero-order chi connectivity index (χ0) is 23.4. The van der Waals surface area contributed by atoms with Gasteiger partial charge in [-0.3, -0.25) is 4.79 Å². The fourth-order valence-electron chi connectivity index (χ4n) is 4.88. The third-order valence-electron chi connectivity index (χ3n) is 6.65. The number of piperidine rings is 1. The average Bonchev–Trinajstić information content (AvgIpc) is 3.16. The number of likely N-dealkylation sites (N-methyl/N-ethyl adjacent to an activating group) is 1. The minimum Gasteiger partial charge on any atom is -0.465 e. The molecule has 0 aromatic heterocycles. The van der Waals surface area contributed by atoms with Gasteiger partial charge in [0.15, 0.2) is 0 Å². The van der Waals surface area contributed by atoms with Crippen molar-refractivity contribution in [3.63, 3.8) is 0 Å². The van der Waals surface area contributed by atoms with E-state index >= 15 is 0 Å². The second-order valence-electron chi connectivity index (χ2n) is 8.59. The highest BCUT2D eigenvalue weighted by Crippen LogP contribution is 2.44. The average molecular weight is 452 g/mol. The van der Waals surface area contributed by atoms with Gasteiger partial charge >= 0.3 is 12.2 Å². The molecule has 2 aromatic rings. The van der Waals surface area contributed by atoms with Gasteiger partial charge in [-0.05, 0) is 47.4 Å². The number of fused-ring (bicyclic) bond motifs is 3. The first-order valence-corrected chi connectivity index (χ1v) is 11.3. The first kappa shape index (κ1) is 22.6. The molecule has 3 N–H and O–H groups in total. The summed E-state index contributed by atoms with van der Waals surface area (Å²) in [7, 11) is 1.53. The molecule has 1 aliphatic carbocycles. The van der Waals surface area contributed by atoms with Crippen LogP contribution < -0.4 is 10.6 Å². The zero-order valence-corrected chi connectivity index (χ0v) is 18.6. The van der Waals surface area contributed by atoms with Crippen molar-refractivity contribution in [1.82, 2.24) is 15.5 Å². The third kappa shape index (κ3) is 4.94. The summed E-state index contributed by atoms with van der Waals surface area (Å²) in [6, 6.07) is 15.5. The molecular weight excluding hydrogens is 422 g/mol. The maximum Gasteiger partial charge on any atom is 0.407 e. The van der Waals surface area contributed by atoms with Gasteiger partial charge in [0.25, 0.3) is 0 Å². The lowest BCUT2D eigenvalue weighted by Crippen LogP contribution is -2.48. The van der Waals surface area contributed by atoms with Gasteiger partial charge in [0.1, 0.15) is 12.6 Å². The van der Waals surface area contributed by atoms with Crippen LogP contribution in [0.15, 0.2) is 48.5 Å². The predicted molar refractivity (Wildman–Crippen MR) is 123 cm³/mol. The molecular formula is C25H29N3O5. The first-order valence-electron chi connectivity index (χ1n) is 11.3. The molecule has 1 heterocycles. The topological polar surface area (TPSA) is 108 Å². The second-order valence-corrected chi connectivity index (χ2v) is 8.59. The summed E-state index contributed by atoms with van der Waals surface area (Å²) in [6.07, 6.45) is 0.205. The van der Waals surface area contributed by atoms with Crippen molar-refractivity contribution in [2.45, 2.75) is 31.2 Å². The van der Waals surface area contributed by atoms with Crippen molar-refractivity contribution in [3.05, 3.63) is 59.7 Å². The molecule has 2 aliphatic rings. The van der Waals surface area contributed by atoms with Crippen molar-refractivity contribution in [3.8, 4) is 11.1 Å². The predicted octanol–water partition coefficient (Wildman–Crippen LogP) is 3.42. The molecule has 1 aliphatic heterocycles. The number of hydrogen-bond donors (Lipinski definition) is 3. The minimum atomic E-state index is -0.923. The summed E-state index contributed by atoms with van der Waals surface area (Å²) in [5.74, 6) is -0.192. The van der Waals surface area contributed by atoms with Gasteiger partial charge in [0, 0.05) is 26.1 Å². The number of alkyl carbamates (subject to hydrolysis) is 1. The number of ether oxygens (including phenoxy) is 1. The molecule has 8 heteroatoms. The quantitative estimate of drug-likeness (QED) is 0.624. The van der Waals surface area contributed by atoms with Crippen LogP contribution in [0.25, 0.3) is 11.1 Å². The van der Waals surface area contributed by atoms with Crippen LogP contribution in [0.4, 0.5) is 9.59 Å². The molecule has 4 rings (SSSR count). The summed E-state index contributed by atoms with van der Waals surface area (Å²) in [4.78, 5) is 37.5. The Hall–Kier alpha value is -3.55. The number of amides is 3. The number of carboxylic acid groups (broad SMARTS) is 1. The van der Waals surface area contributed by atoms with E-state index in [0.717, 1.165) is 22.3 Å². The second kappa shape index (κ2) is 9.94.